The van der Waals surface area contributed by atoms with E-state index in [4.69, 9.17) is 4.74 Å². The van der Waals surface area contributed by atoms with E-state index in [9.17, 15) is 9.90 Å². The quantitative estimate of drug-likeness (QED) is 0.207. The molecule has 4 heteroatoms. The Morgan fingerprint density at radius 3 is 1.72 bits per heavy atom. The van der Waals surface area contributed by atoms with E-state index >= 15 is 0 Å². The Bertz CT molecular complexity index is 1210. The highest BCUT2D eigenvalue weighted by Crippen LogP contribution is 2.36. The van der Waals surface area contributed by atoms with Crippen molar-refractivity contribution in [1.82, 2.24) is 0 Å². The predicted molar refractivity (Wildman–Crippen MR) is 129 cm³/mol. The largest absolute Gasteiger partial charge is 0.508 e. The first kappa shape index (κ1) is 20.9. The molecule has 32 heavy (non-hydrogen) atoms. The molecule has 1 N–H and O–H groups in total. The fraction of sp³-hybridized carbons (Fsp3) is 0.0357. The number of benzene rings is 4. The van der Waals surface area contributed by atoms with E-state index in [2.05, 4.69) is 35.7 Å². The van der Waals surface area contributed by atoms with Gasteiger partial charge in [0.2, 0.25) is 0 Å². The van der Waals surface area contributed by atoms with Crippen LogP contribution in [0.4, 0.5) is 17.1 Å². The fourth-order valence-corrected chi connectivity index (χ4v) is 3.34. The number of carbonyl (C=O) groups excluding carboxylic acids is 1. The van der Waals surface area contributed by atoms with Gasteiger partial charge in [0.1, 0.15) is 11.5 Å². The summed E-state index contributed by atoms with van der Waals surface area (Å²) in [6.07, 6.45) is 0. The van der Waals surface area contributed by atoms with E-state index in [1.807, 2.05) is 54.6 Å². The first-order chi connectivity index (χ1) is 15.5. The maximum atomic E-state index is 11.8. The second kappa shape index (κ2) is 9.23. The Balaban J connectivity index is 1.67. The van der Waals surface area contributed by atoms with Crippen LogP contribution in [0, 0.1) is 0 Å². The van der Waals surface area contributed by atoms with Gasteiger partial charge in [-0.2, -0.15) is 0 Å². The van der Waals surface area contributed by atoms with Crippen LogP contribution in [0.15, 0.2) is 115 Å². The molecule has 0 aliphatic carbocycles. The summed E-state index contributed by atoms with van der Waals surface area (Å²) in [5, 5.41) is 9.53. The Kier molecular flexibility index (Phi) is 6.04. The average molecular weight is 421 g/mol. The van der Waals surface area contributed by atoms with Gasteiger partial charge in [-0.25, -0.2) is 4.79 Å². The van der Waals surface area contributed by atoms with Crippen molar-refractivity contribution in [2.24, 2.45) is 0 Å². The molecule has 0 bridgehead atoms. The number of esters is 1. The summed E-state index contributed by atoms with van der Waals surface area (Å²) in [4.78, 5) is 13.9. The van der Waals surface area contributed by atoms with Crippen LogP contribution in [0.3, 0.4) is 0 Å². The molecule has 0 spiro atoms. The number of rotatable bonds is 6. The fourth-order valence-electron chi connectivity index (χ4n) is 3.34. The van der Waals surface area contributed by atoms with Crippen LogP contribution in [0.2, 0.25) is 0 Å². The Labute approximate surface area is 187 Å². The summed E-state index contributed by atoms with van der Waals surface area (Å²) in [5.74, 6) is 0.276. The van der Waals surface area contributed by atoms with E-state index in [1.54, 1.807) is 31.2 Å². The Hall–Kier alpha value is -4.31. The van der Waals surface area contributed by atoms with Gasteiger partial charge < -0.3 is 14.7 Å². The zero-order valence-corrected chi connectivity index (χ0v) is 17.7. The summed E-state index contributed by atoms with van der Waals surface area (Å²) in [6.45, 7) is 5.24. The molecular weight excluding hydrogens is 398 g/mol. The first-order valence-corrected chi connectivity index (χ1v) is 10.2. The summed E-state index contributed by atoms with van der Waals surface area (Å²) in [6, 6.07) is 32.8. The van der Waals surface area contributed by atoms with Gasteiger partial charge in [-0.3, -0.25) is 0 Å². The molecule has 0 aromatic heterocycles. The molecule has 0 fully saturated rings. The molecule has 0 aliphatic rings. The maximum absolute atomic E-state index is 11.8. The molecule has 0 aliphatic heterocycles. The monoisotopic (exact) mass is 421 g/mol. The molecule has 0 atom stereocenters. The third-order valence-electron chi connectivity index (χ3n) is 4.99. The second-order valence-corrected chi connectivity index (χ2v) is 7.43. The van der Waals surface area contributed by atoms with Crippen molar-refractivity contribution in [3.05, 3.63) is 115 Å². The molecule has 158 valence electrons. The van der Waals surface area contributed by atoms with E-state index in [1.165, 1.54) is 0 Å². The number of nitrogens with zero attached hydrogens (tertiary/aromatic N) is 1. The van der Waals surface area contributed by atoms with Crippen molar-refractivity contribution in [1.29, 1.82) is 0 Å². The minimum absolute atomic E-state index is 0.248. The highest BCUT2D eigenvalue weighted by molar-refractivity contribution is 5.89. The van der Waals surface area contributed by atoms with Gasteiger partial charge in [0.15, 0.2) is 0 Å². The third-order valence-corrected chi connectivity index (χ3v) is 4.99. The average Bonchev–Trinajstić information content (AvgIpc) is 2.82. The number of phenolic OH excluding ortho intramolecular Hbond substituents is 1. The van der Waals surface area contributed by atoms with E-state index in [0.29, 0.717) is 11.3 Å². The topological polar surface area (TPSA) is 49.8 Å². The van der Waals surface area contributed by atoms with Crippen LogP contribution in [0.1, 0.15) is 6.92 Å². The van der Waals surface area contributed by atoms with E-state index in [0.717, 1.165) is 28.2 Å². The summed E-state index contributed by atoms with van der Waals surface area (Å²) >= 11 is 0. The number of aromatic hydroxyl groups is 1. The summed E-state index contributed by atoms with van der Waals surface area (Å²) < 4.78 is 5.32. The van der Waals surface area contributed by atoms with Crippen molar-refractivity contribution in [2.45, 2.75) is 6.92 Å². The van der Waals surface area contributed by atoms with Crippen LogP contribution >= 0.6 is 0 Å². The highest BCUT2D eigenvalue weighted by Gasteiger charge is 2.13. The number of hydrogen-bond donors (Lipinski definition) is 1. The lowest BCUT2D eigenvalue weighted by atomic mass is 10.0. The molecule has 4 aromatic rings. The number of carbonyl (C=O) groups is 1. The SMILES string of the molecule is C=C(C)C(=O)Oc1ccc(N(c2ccccc2)c2ccc(-c3ccc(O)cc3)cc2)cc1. The van der Waals surface area contributed by atoms with Crippen molar-refractivity contribution < 1.29 is 14.6 Å². The molecule has 4 rings (SSSR count). The van der Waals surface area contributed by atoms with Crippen LogP contribution in [0.25, 0.3) is 11.1 Å². The Morgan fingerprint density at radius 1 is 0.719 bits per heavy atom. The highest BCUT2D eigenvalue weighted by atomic mass is 16.5. The van der Waals surface area contributed by atoms with Crippen LogP contribution in [-0.2, 0) is 4.79 Å². The van der Waals surface area contributed by atoms with Gasteiger partial charge in [-0.15, -0.1) is 0 Å². The lowest BCUT2D eigenvalue weighted by Gasteiger charge is -2.25. The number of hydrogen-bond acceptors (Lipinski definition) is 4. The number of para-hydroxylation sites is 1. The first-order valence-electron chi connectivity index (χ1n) is 10.2. The van der Waals surface area contributed by atoms with E-state index < -0.39 is 5.97 Å². The summed E-state index contributed by atoms with van der Waals surface area (Å²) in [5.41, 5.74) is 5.38. The van der Waals surface area contributed by atoms with E-state index in [-0.39, 0.29) is 5.75 Å². The normalized spacial score (nSPS) is 10.4. The van der Waals surface area contributed by atoms with Gasteiger partial charge in [0.05, 0.1) is 0 Å². The van der Waals surface area contributed by atoms with Crippen molar-refractivity contribution >= 4 is 23.0 Å². The zero-order chi connectivity index (χ0) is 22.5. The molecule has 0 heterocycles. The molecule has 0 saturated heterocycles. The molecular formula is C28H23NO3. The summed E-state index contributed by atoms with van der Waals surface area (Å²) in [7, 11) is 0. The van der Waals surface area contributed by atoms with Gasteiger partial charge in [0.25, 0.3) is 0 Å². The van der Waals surface area contributed by atoms with Gasteiger partial charge in [0, 0.05) is 22.6 Å². The molecule has 0 amide bonds. The smallest absolute Gasteiger partial charge is 0.338 e. The van der Waals surface area contributed by atoms with Crippen LogP contribution in [-0.4, -0.2) is 11.1 Å². The lowest BCUT2D eigenvalue weighted by molar-refractivity contribution is -0.130. The van der Waals surface area contributed by atoms with Crippen molar-refractivity contribution in [3.63, 3.8) is 0 Å². The molecule has 0 saturated carbocycles. The van der Waals surface area contributed by atoms with Crippen molar-refractivity contribution in [2.75, 3.05) is 4.90 Å². The zero-order valence-electron chi connectivity index (χ0n) is 17.7. The van der Waals surface area contributed by atoms with Crippen molar-refractivity contribution in [3.8, 4) is 22.6 Å². The maximum Gasteiger partial charge on any atom is 0.338 e. The second-order valence-electron chi connectivity index (χ2n) is 7.43. The molecule has 0 radical (unpaired) electrons. The molecule has 4 aromatic carbocycles. The standard InChI is InChI=1S/C28H23NO3/c1-20(2)28(31)32-27-18-14-25(15-19-27)29(23-6-4-3-5-7-23)24-12-8-21(9-13-24)22-10-16-26(30)17-11-22/h3-19,30H,1H2,2H3. The van der Waals surface area contributed by atoms with Crippen LogP contribution in [0.5, 0.6) is 11.5 Å². The third kappa shape index (κ3) is 4.71. The predicted octanol–water partition coefficient (Wildman–Crippen LogP) is 7.01. The Morgan fingerprint density at radius 2 is 1.19 bits per heavy atom. The molecule has 0 unspecified atom stereocenters. The lowest BCUT2D eigenvalue weighted by Crippen LogP contribution is -2.10. The number of anilines is 3. The number of ether oxygens (including phenoxy) is 1. The minimum atomic E-state index is -0.442. The van der Waals surface area contributed by atoms with Gasteiger partial charge in [-0.1, -0.05) is 49.0 Å². The van der Waals surface area contributed by atoms with Gasteiger partial charge in [-0.05, 0) is 78.7 Å². The molecule has 4 nitrogen and oxygen atoms in total. The van der Waals surface area contributed by atoms with Crippen LogP contribution < -0.4 is 9.64 Å². The van der Waals surface area contributed by atoms with Gasteiger partial charge >= 0.3 is 5.97 Å². The minimum Gasteiger partial charge on any atom is -0.508 e. The number of phenols is 1.